The van der Waals surface area contributed by atoms with Gasteiger partial charge in [-0.1, -0.05) is 29.8 Å². The van der Waals surface area contributed by atoms with Gasteiger partial charge in [0.25, 0.3) is 10.0 Å². The van der Waals surface area contributed by atoms with Crippen LogP contribution in [-0.4, -0.2) is 20.0 Å². The number of nitrogens with one attached hydrogen (secondary N) is 1. The predicted molar refractivity (Wildman–Crippen MR) is 105 cm³/mol. The fraction of sp³-hybridized carbons (Fsp3) is 0.350. The van der Waals surface area contributed by atoms with Gasteiger partial charge in [0, 0.05) is 5.54 Å². The first-order valence-corrected chi connectivity index (χ1v) is 9.88. The molecule has 5 nitrogen and oxygen atoms in total. The Bertz CT molecular complexity index is 911. The predicted octanol–water partition coefficient (Wildman–Crippen LogP) is 4.32. The lowest BCUT2D eigenvalue weighted by Gasteiger charge is -2.29. The summed E-state index contributed by atoms with van der Waals surface area (Å²) in [6, 6.07) is 11.1. The molecule has 2 rings (SSSR count). The van der Waals surface area contributed by atoms with Crippen molar-refractivity contribution in [3.8, 4) is 0 Å². The third-order valence-corrected chi connectivity index (χ3v) is 5.73. The summed E-state index contributed by atoms with van der Waals surface area (Å²) in [5, 5.41) is 2.76. The normalized spacial score (nSPS) is 11.9. The zero-order chi connectivity index (χ0) is 19.7. The smallest absolute Gasteiger partial charge is 0.332 e. The van der Waals surface area contributed by atoms with E-state index in [0.717, 1.165) is 21.0 Å². The summed E-state index contributed by atoms with van der Waals surface area (Å²) in [6.45, 7) is 11.0. The van der Waals surface area contributed by atoms with Crippen LogP contribution in [0.25, 0.3) is 0 Å². The summed E-state index contributed by atoms with van der Waals surface area (Å²) < 4.78 is 27.5. The number of amides is 2. The van der Waals surface area contributed by atoms with Crippen molar-refractivity contribution in [1.82, 2.24) is 5.32 Å². The molecule has 2 amide bonds. The largest absolute Gasteiger partial charge is 0.336 e. The topological polar surface area (TPSA) is 66.5 Å². The number of benzene rings is 2. The van der Waals surface area contributed by atoms with Crippen LogP contribution in [0.1, 0.15) is 37.5 Å². The molecule has 0 atom stereocenters. The van der Waals surface area contributed by atoms with Crippen LogP contribution in [0, 0.1) is 20.8 Å². The van der Waals surface area contributed by atoms with E-state index >= 15 is 0 Å². The number of rotatable bonds is 3. The molecule has 0 radical (unpaired) electrons. The SMILES string of the molecule is Cc1ccc(S(=O)(=O)N(C(=O)NC(C)(C)C)c2cccc(C)c2C)cc1. The zero-order valence-corrected chi connectivity index (χ0v) is 16.9. The van der Waals surface area contributed by atoms with Crippen molar-refractivity contribution >= 4 is 21.7 Å². The van der Waals surface area contributed by atoms with Gasteiger partial charge in [-0.15, -0.1) is 0 Å². The Balaban J connectivity index is 2.65. The van der Waals surface area contributed by atoms with Crippen molar-refractivity contribution in [2.75, 3.05) is 4.31 Å². The standard InChI is InChI=1S/C20H26N2O3S/c1-14-10-12-17(13-11-14)26(24,25)22(19(23)21-20(4,5)6)18-9-7-8-15(2)16(18)3/h7-13H,1-6H3,(H,21,23). The van der Waals surface area contributed by atoms with Crippen molar-refractivity contribution in [2.45, 2.75) is 52.0 Å². The molecule has 0 heterocycles. The Morgan fingerprint density at radius 1 is 0.962 bits per heavy atom. The number of hydrogen-bond acceptors (Lipinski definition) is 3. The van der Waals surface area contributed by atoms with Crippen LogP contribution in [0.4, 0.5) is 10.5 Å². The van der Waals surface area contributed by atoms with Gasteiger partial charge in [-0.25, -0.2) is 13.2 Å². The minimum absolute atomic E-state index is 0.0769. The Labute approximate surface area is 156 Å². The Morgan fingerprint density at radius 3 is 2.08 bits per heavy atom. The molecule has 0 fully saturated rings. The minimum Gasteiger partial charge on any atom is -0.332 e. The molecule has 2 aromatic rings. The lowest BCUT2D eigenvalue weighted by atomic mass is 10.1. The molecule has 6 heteroatoms. The number of sulfonamides is 1. The number of urea groups is 1. The summed E-state index contributed by atoms with van der Waals surface area (Å²) in [6.07, 6.45) is 0. The minimum atomic E-state index is -4.06. The van der Waals surface area contributed by atoms with Gasteiger partial charge >= 0.3 is 6.03 Å². The van der Waals surface area contributed by atoms with Crippen LogP contribution in [0.15, 0.2) is 47.4 Å². The maximum absolute atomic E-state index is 13.3. The van der Waals surface area contributed by atoms with E-state index in [9.17, 15) is 13.2 Å². The van der Waals surface area contributed by atoms with Crippen molar-refractivity contribution in [3.05, 3.63) is 59.2 Å². The second kappa shape index (κ2) is 7.11. The van der Waals surface area contributed by atoms with Crippen LogP contribution >= 0.6 is 0 Å². The van der Waals surface area contributed by atoms with E-state index in [4.69, 9.17) is 0 Å². The third-order valence-electron chi connectivity index (χ3n) is 4.02. The van der Waals surface area contributed by atoms with Crippen LogP contribution in [0.3, 0.4) is 0 Å². The highest BCUT2D eigenvalue weighted by Gasteiger charge is 2.34. The van der Waals surface area contributed by atoms with Gasteiger partial charge in [0.1, 0.15) is 0 Å². The molecule has 0 saturated heterocycles. The molecule has 0 aliphatic rings. The van der Waals surface area contributed by atoms with E-state index in [1.54, 1.807) is 24.3 Å². The fourth-order valence-electron chi connectivity index (χ4n) is 2.49. The van der Waals surface area contributed by atoms with E-state index in [1.807, 2.05) is 47.6 Å². The number of aryl methyl sites for hydroxylation is 2. The number of hydrogen-bond donors (Lipinski definition) is 1. The average molecular weight is 375 g/mol. The van der Waals surface area contributed by atoms with Crippen LogP contribution in [-0.2, 0) is 10.0 Å². The monoisotopic (exact) mass is 374 g/mol. The average Bonchev–Trinajstić information content (AvgIpc) is 2.50. The van der Waals surface area contributed by atoms with Crippen LogP contribution in [0.2, 0.25) is 0 Å². The maximum atomic E-state index is 13.3. The van der Waals surface area contributed by atoms with Crippen molar-refractivity contribution in [1.29, 1.82) is 0 Å². The van der Waals surface area contributed by atoms with Crippen LogP contribution in [0.5, 0.6) is 0 Å². The van der Waals surface area contributed by atoms with Crippen molar-refractivity contribution in [3.63, 3.8) is 0 Å². The first-order valence-electron chi connectivity index (χ1n) is 8.44. The second-order valence-corrected chi connectivity index (χ2v) is 9.27. The Hall–Kier alpha value is -2.34. The third kappa shape index (κ3) is 4.25. The van der Waals surface area contributed by atoms with Crippen molar-refractivity contribution in [2.24, 2.45) is 0 Å². The number of anilines is 1. The molecular weight excluding hydrogens is 348 g/mol. The van der Waals surface area contributed by atoms with Gasteiger partial charge in [0.05, 0.1) is 10.6 Å². The van der Waals surface area contributed by atoms with Gasteiger partial charge < -0.3 is 5.32 Å². The summed E-state index contributed by atoms with van der Waals surface area (Å²) in [7, 11) is -4.06. The van der Waals surface area contributed by atoms with Gasteiger partial charge in [0.2, 0.25) is 0 Å². The quantitative estimate of drug-likeness (QED) is 0.870. The van der Waals surface area contributed by atoms with Gasteiger partial charge in [-0.2, -0.15) is 4.31 Å². The first kappa shape index (κ1) is 20.0. The summed E-state index contributed by atoms with van der Waals surface area (Å²) in [5.41, 5.74) is 2.38. The maximum Gasteiger partial charge on any atom is 0.336 e. The molecule has 0 aliphatic carbocycles. The molecule has 0 bridgehead atoms. The fourth-order valence-corrected chi connectivity index (χ4v) is 3.90. The molecule has 0 spiro atoms. The zero-order valence-electron chi connectivity index (χ0n) is 16.1. The highest BCUT2D eigenvalue weighted by molar-refractivity contribution is 7.93. The molecule has 0 unspecified atom stereocenters. The van der Waals surface area contributed by atoms with E-state index < -0.39 is 21.6 Å². The Kier molecular flexibility index (Phi) is 5.47. The van der Waals surface area contributed by atoms with Crippen molar-refractivity contribution < 1.29 is 13.2 Å². The molecule has 26 heavy (non-hydrogen) atoms. The number of carbonyl (C=O) groups is 1. The Morgan fingerprint density at radius 2 is 1.54 bits per heavy atom. The van der Waals surface area contributed by atoms with Gasteiger partial charge in [0.15, 0.2) is 0 Å². The molecule has 1 N–H and O–H groups in total. The number of carbonyl (C=O) groups excluding carboxylic acids is 1. The molecular formula is C20H26N2O3S. The van der Waals surface area contributed by atoms with Gasteiger partial charge in [-0.05, 0) is 70.9 Å². The lowest BCUT2D eigenvalue weighted by Crippen LogP contribution is -2.51. The highest BCUT2D eigenvalue weighted by Crippen LogP contribution is 2.29. The molecule has 2 aromatic carbocycles. The molecule has 0 aliphatic heterocycles. The lowest BCUT2D eigenvalue weighted by molar-refractivity contribution is 0.241. The highest BCUT2D eigenvalue weighted by atomic mass is 32.2. The second-order valence-electron chi connectivity index (χ2n) is 7.48. The molecule has 0 saturated carbocycles. The molecule has 140 valence electrons. The van der Waals surface area contributed by atoms with E-state index in [2.05, 4.69) is 5.32 Å². The van der Waals surface area contributed by atoms with E-state index in [-0.39, 0.29) is 4.90 Å². The summed E-state index contributed by atoms with van der Waals surface area (Å²) in [5.74, 6) is 0. The first-order chi connectivity index (χ1) is 11.9. The van der Waals surface area contributed by atoms with Crippen LogP contribution < -0.4 is 9.62 Å². The summed E-state index contributed by atoms with van der Waals surface area (Å²) in [4.78, 5) is 13.0. The molecule has 0 aromatic heterocycles. The summed E-state index contributed by atoms with van der Waals surface area (Å²) >= 11 is 0. The van der Waals surface area contributed by atoms with Gasteiger partial charge in [-0.3, -0.25) is 0 Å². The van der Waals surface area contributed by atoms with E-state index in [1.165, 1.54) is 12.1 Å². The number of nitrogens with zero attached hydrogens (tertiary/aromatic N) is 1. The van der Waals surface area contributed by atoms with E-state index in [0.29, 0.717) is 5.69 Å².